The van der Waals surface area contributed by atoms with E-state index in [1.165, 1.54) is 21.9 Å². The number of fused-ring (bicyclic) bond motifs is 1. The molecule has 0 bridgehead atoms. The lowest BCUT2D eigenvalue weighted by molar-refractivity contribution is 1.33. The highest BCUT2D eigenvalue weighted by Crippen LogP contribution is 2.32. The minimum absolute atomic E-state index is 0.718. The highest BCUT2D eigenvalue weighted by atomic mass is 35.5. The molecule has 0 aliphatic heterocycles. The van der Waals surface area contributed by atoms with Gasteiger partial charge in [-0.25, -0.2) is 0 Å². The Balaban J connectivity index is 2.13. The SMILES string of the molecule is Cc1cc(Nc2ccccc2Cl)c(C)c2cnccc12. The molecule has 0 aliphatic rings. The lowest BCUT2D eigenvalue weighted by Gasteiger charge is -2.14. The molecule has 0 atom stereocenters. The van der Waals surface area contributed by atoms with Crippen molar-refractivity contribution in [2.45, 2.75) is 13.8 Å². The minimum atomic E-state index is 0.718. The molecule has 0 aliphatic carbocycles. The Hall–Kier alpha value is -2.06. The van der Waals surface area contributed by atoms with Crippen LogP contribution in [0.3, 0.4) is 0 Å². The number of hydrogen-bond acceptors (Lipinski definition) is 2. The van der Waals surface area contributed by atoms with Crippen molar-refractivity contribution >= 4 is 33.7 Å². The zero-order chi connectivity index (χ0) is 14.1. The summed E-state index contributed by atoms with van der Waals surface area (Å²) in [6.07, 6.45) is 3.74. The molecule has 0 spiro atoms. The molecule has 3 rings (SSSR count). The first kappa shape index (κ1) is 12.9. The number of aromatic nitrogens is 1. The average molecular weight is 283 g/mol. The summed E-state index contributed by atoms with van der Waals surface area (Å²) in [6, 6.07) is 12.0. The monoisotopic (exact) mass is 282 g/mol. The van der Waals surface area contributed by atoms with Gasteiger partial charge in [0.05, 0.1) is 10.7 Å². The van der Waals surface area contributed by atoms with E-state index >= 15 is 0 Å². The van der Waals surface area contributed by atoms with Crippen LogP contribution in [0.15, 0.2) is 48.8 Å². The van der Waals surface area contributed by atoms with E-state index in [9.17, 15) is 0 Å². The predicted octanol–water partition coefficient (Wildman–Crippen LogP) is 5.25. The van der Waals surface area contributed by atoms with Gasteiger partial charge in [0.15, 0.2) is 0 Å². The molecule has 1 aromatic heterocycles. The van der Waals surface area contributed by atoms with Gasteiger partial charge in [-0.3, -0.25) is 4.98 Å². The fourth-order valence-corrected chi connectivity index (χ4v) is 2.61. The topological polar surface area (TPSA) is 24.9 Å². The number of nitrogens with zero attached hydrogens (tertiary/aromatic N) is 1. The Morgan fingerprint density at radius 2 is 1.80 bits per heavy atom. The molecule has 0 fully saturated rings. The number of pyridine rings is 1. The van der Waals surface area contributed by atoms with Crippen LogP contribution < -0.4 is 5.32 Å². The number of nitrogens with one attached hydrogen (secondary N) is 1. The zero-order valence-corrected chi connectivity index (χ0v) is 12.2. The second-order valence-electron chi connectivity index (χ2n) is 4.89. The molecule has 2 nitrogen and oxygen atoms in total. The molecule has 1 heterocycles. The van der Waals surface area contributed by atoms with Crippen LogP contribution in [0.4, 0.5) is 11.4 Å². The van der Waals surface area contributed by atoms with Gasteiger partial charge in [-0.1, -0.05) is 23.7 Å². The van der Waals surface area contributed by atoms with Crippen LogP contribution in [0.25, 0.3) is 10.8 Å². The predicted molar refractivity (Wildman–Crippen MR) is 86.0 cm³/mol. The van der Waals surface area contributed by atoms with Gasteiger partial charge in [0.1, 0.15) is 0 Å². The van der Waals surface area contributed by atoms with E-state index in [0.29, 0.717) is 0 Å². The van der Waals surface area contributed by atoms with Crippen LogP contribution in [0.1, 0.15) is 11.1 Å². The Kier molecular flexibility index (Phi) is 3.33. The third-order valence-electron chi connectivity index (χ3n) is 3.56. The van der Waals surface area contributed by atoms with E-state index in [-0.39, 0.29) is 0 Å². The molecule has 20 heavy (non-hydrogen) atoms. The molecule has 0 saturated heterocycles. The largest absolute Gasteiger partial charge is 0.354 e. The molecular formula is C17H15ClN2. The van der Waals surface area contributed by atoms with Crippen molar-refractivity contribution in [1.82, 2.24) is 4.98 Å². The maximum absolute atomic E-state index is 6.21. The van der Waals surface area contributed by atoms with Crippen molar-refractivity contribution in [3.8, 4) is 0 Å². The van der Waals surface area contributed by atoms with Gasteiger partial charge < -0.3 is 5.32 Å². The number of rotatable bonds is 2. The summed E-state index contributed by atoms with van der Waals surface area (Å²) >= 11 is 6.21. The normalized spacial score (nSPS) is 10.8. The third kappa shape index (κ3) is 2.23. The first-order valence-electron chi connectivity index (χ1n) is 6.52. The van der Waals surface area contributed by atoms with Gasteiger partial charge in [0, 0.05) is 23.5 Å². The fourth-order valence-electron chi connectivity index (χ4n) is 2.42. The molecule has 3 heteroatoms. The molecular weight excluding hydrogens is 268 g/mol. The summed E-state index contributed by atoms with van der Waals surface area (Å²) in [7, 11) is 0. The molecule has 0 amide bonds. The van der Waals surface area contributed by atoms with Gasteiger partial charge in [-0.05, 0) is 54.6 Å². The van der Waals surface area contributed by atoms with Crippen LogP contribution in [-0.2, 0) is 0 Å². The third-order valence-corrected chi connectivity index (χ3v) is 3.89. The van der Waals surface area contributed by atoms with Crippen molar-refractivity contribution in [3.63, 3.8) is 0 Å². The summed E-state index contributed by atoms with van der Waals surface area (Å²) < 4.78 is 0. The maximum Gasteiger partial charge on any atom is 0.0640 e. The lowest BCUT2D eigenvalue weighted by Crippen LogP contribution is -1.96. The van der Waals surface area contributed by atoms with Crippen molar-refractivity contribution in [3.05, 3.63) is 64.9 Å². The lowest BCUT2D eigenvalue weighted by atomic mass is 10.0. The summed E-state index contributed by atoms with van der Waals surface area (Å²) in [4.78, 5) is 4.23. The first-order chi connectivity index (χ1) is 9.66. The van der Waals surface area contributed by atoms with Gasteiger partial charge in [-0.2, -0.15) is 0 Å². The zero-order valence-electron chi connectivity index (χ0n) is 11.4. The van der Waals surface area contributed by atoms with Crippen molar-refractivity contribution < 1.29 is 0 Å². The van der Waals surface area contributed by atoms with E-state index < -0.39 is 0 Å². The van der Waals surface area contributed by atoms with E-state index in [1.54, 1.807) is 0 Å². The molecule has 3 aromatic rings. The van der Waals surface area contributed by atoms with Crippen molar-refractivity contribution in [1.29, 1.82) is 0 Å². The van der Waals surface area contributed by atoms with Gasteiger partial charge in [-0.15, -0.1) is 0 Å². The Morgan fingerprint density at radius 1 is 1.00 bits per heavy atom. The summed E-state index contributed by atoms with van der Waals surface area (Å²) in [6.45, 7) is 4.21. The molecule has 2 aromatic carbocycles. The fraction of sp³-hybridized carbons (Fsp3) is 0.118. The molecule has 0 saturated carbocycles. The molecule has 100 valence electrons. The number of benzene rings is 2. The average Bonchev–Trinajstić information content (AvgIpc) is 2.47. The summed E-state index contributed by atoms with van der Waals surface area (Å²) in [5, 5.41) is 6.54. The van der Waals surface area contributed by atoms with E-state index in [0.717, 1.165) is 16.4 Å². The molecule has 1 N–H and O–H groups in total. The Morgan fingerprint density at radius 3 is 2.60 bits per heavy atom. The number of para-hydroxylation sites is 1. The second kappa shape index (κ2) is 5.14. The maximum atomic E-state index is 6.21. The standard InChI is InChI=1S/C17H15ClN2/c1-11-9-17(20-16-6-4-3-5-15(16)18)12(2)14-10-19-8-7-13(11)14/h3-10,20H,1-2H3. The summed E-state index contributed by atoms with van der Waals surface area (Å²) in [5.41, 5.74) is 4.39. The Labute approximate surface area is 123 Å². The number of anilines is 2. The highest BCUT2D eigenvalue weighted by Gasteiger charge is 2.08. The quantitative estimate of drug-likeness (QED) is 0.694. The highest BCUT2D eigenvalue weighted by molar-refractivity contribution is 6.33. The van der Waals surface area contributed by atoms with Crippen LogP contribution in [0, 0.1) is 13.8 Å². The van der Waals surface area contributed by atoms with Gasteiger partial charge in [0.2, 0.25) is 0 Å². The van der Waals surface area contributed by atoms with Gasteiger partial charge >= 0.3 is 0 Å². The molecule has 0 unspecified atom stereocenters. The summed E-state index contributed by atoms with van der Waals surface area (Å²) in [5.74, 6) is 0. The minimum Gasteiger partial charge on any atom is -0.354 e. The number of aryl methyl sites for hydroxylation is 2. The van der Waals surface area contributed by atoms with Crippen LogP contribution in [-0.4, -0.2) is 4.98 Å². The van der Waals surface area contributed by atoms with Crippen LogP contribution in [0.5, 0.6) is 0 Å². The van der Waals surface area contributed by atoms with E-state index in [2.05, 4.69) is 36.3 Å². The van der Waals surface area contributed by atoms with E-state index in [1.807, 2.05) is 36.7 Å². The van der Waals surface area contributed by atoms with E-state index in [4.69, 9.17) is 11.6 Å². The smallest absolute Gasteiger partial charge is 0.0640 e. The Bertz CT molecular complexity index is 781. The molecule has 0 radical (unpaired) electrons. The van der Waals surface area contributed by atoms with Crippen LogP contribution >= 0.6 is 11.6 Å². The van der Waals surface area contributed by atoms with Gasteiger partial charge in [0.25, 0.3) is 0 Å². The van der Waals surface area contributed by atoms with Crippen molar-refractivity contribution in [2.24, 2.45) is 0 Å². The van der Waals surface area contributed by atoms with Crippen molar-refractivity contribution in [2.75, 3.05) is 5.32 Å². The number of hydrogen-bond donors (Lipinski definition) is 1. The second-order valence-corrected chi connectivity index (χ2v) is 5.30. The van der Waals surface area contributed by atoms with Crippen LogP contribution in [0.2, 0.25) is 5.02 Å². The number of halogens is 1. The first-order valence-corrected chi connectivity index (χ1v) is 6.90.